The highest BCUT2D eigenvalue weighted by molar-refractivity contribution is 5.67. The second-order valence-corrected chi connectivity index (χ2v) is 7.76. The van der Waals surface area contributed by atoms with E-state index < -0.39 is 0 Å². The van der Waals surface area contributed by atoms with E-state index in [9.17, 15) is 4.79 Å². The molecule has 2 unspecified atom stereocenters. The summed E-state index contributed by atoms with van der Waals surface area (Å²) in [6, 6.07) is 4.59. The van der Waals surface area contributed by atoms with Crippen molar-refractivity contribution in [3.05, 3.63) is 34.4 Å². The summed E-state index contributed by atoms with van der Waals surface area (Å²) < 4.78 is 0. The van der Waals surface area contributed by atoms with Gasteiger partial charge in [0.1, 0.15) is 6.29 Å². The van der Waals surface area contributed by atoms with Crippen molar-refractivity contribution >= 4 is 6.29 Å². The first-order valence-electron chi connectivity index (χ1n) is 7.70. The van der Waals surface area contributed by atoms with Gasteiger partial charge in [-0.1, -0.05) is 52.3 Å². The largest absolute Gasteiger partial charge is 0.303 e. The summed E-state index contributed by atoms with van der Waals surface area (Å²) in [5.41, 5.74) is 5.21. The predicted octanol–water partition coefficient (Wildman–Crippen LogP) is 4.86. The first-order valence-corrected chi connectivity index (χ1v) is 7.70. The molecule has 1 heteroatoms. The standard InChI is InChI=1S/C19H28O/c1-8-18(6)11-19(7,12-20)17(4,5)15-10-13(2)9-14(3)16(15)18/h9-10,12H,8,11H2,1-7H3. The van der Waals surface area contributed by atoms with Gasteiger partial charge >= 0.3 is 0 Å². The highest BCUT2D eigenvalue weighted by Crippen LogP contribution is 2.57. The summed E-state index contributed by atoms with van der Waals surface area (Å²) >= 11 is 0. The quantitative estimate of drug-likeness (QED) is 0.703. The second kappa shape index (κ2) is 4.44. The lowest BCUT2D eigenvalue weighted by atomic mass is 9.49. The maximum atomic E-state index is 11.9. The maximum Gasteiger partial charge on any atom is 0.126 e. The molecule has 1 aromatic carbocycles. The molecule has 0 fully saturated rings. The molecule has 0 N–H and O–H groups in total. The number of carbonyl (C=O) groups is 1. The van der Waals surface area contributed by atoms with Crippen molar-refractivity contribution in [3.8, 4) is 0 Å². The molecular weight excluding hydrogens is 244 g/mol. The molecule has 0 bridgehead atoms. The Bertz CT molecular complexity index is 555. The fourth-order valence-corrected chi connectivity index (χ4v) is 4.18. The fourth-order valence-electron chi connectivity index (χ4n) is 4.18. The number of hydrogen-bond donors (Lipinski definition) is 0. The molecular formula is C19H28O. The Kier molecular flexibility index (Phi) is 3.40. The Balaban J connectivity index is 2.86. The highest BCUT2D eigenvalue weighted by Gasteiger charge is 2.53. The van der Waals surface area contributed by atoms with Gasteiger partial charge in [-0.2, -0.15) is 0 Å². The first-order chi connectivity index (χ1) is 9.11. The minimum absolute atomic E-state index is 0.0955. The zero-order valence-corrected chi connectivity index (χ0v) is 14.1. The van der Waals surface area contributed by atoms with Crippen LogP contribution < -0.4 is 0 Å². The lowest BCUT2D eigenvalue weighted by molar-refractivity contribution is -0.120. The Hall–Kier alpha value is -1.11. The molecule has 0 heterocycles. The van der Waals surface area contributed by atoms with Crippen LogP contribution in [0.2, 0.25) is 0 Å². The van der Waals surface area contributed by atoms with E-state index in [-0.39, 0.29) is 16.2 Å². The Morgan fingerprint density at radius 1 is 1.15 bits per heavy atom. The third-order valence-electron chi connectivity index (χ3n) is 5.98. The monoisotopic (exact) mass is 272 g/mol. The molecule has 0 aromatic heterocycles. The summed E-state index contributed by atoms with van der Waals surface area (Å²) in [4.78, 5) is 11.9. The average molecular weight is 272 g/mol. The highest BCUT2D eigenvalue weighted by atomic mass is 16.1. The summed E-state index contributed by atoms with van der Waals surface area (Å²) in [6.07, 6.45) is 3.20. The summed E-state index contributed by atoms with van der Waals surface area (Å²) in [5, 5.41) is 0. The zero-order chi connectivity index (χ0) is 15.3. The summed E-state index contributed by atoms with van der Waals surface area (Å²) in [6.45, 7) is 15.5. The second-order valence-electron chi connectivity index (χ2n) is 7.76. The first kappa shape index (κ1) is 15.3. The van der Waals surface area contributed by atoms with Crippen LogP contribution in [0, 0.1) is 19.3 Å². The van der Waals surface area contributed by atoms with Crippen LogP contribution in [-0.4, -0.2) is 6.29 Å². The van der Waals surface area contributed by atoms with Crippen LogP contribution in [0.15, 0.2) is 12.1 Å². The van der Waals surface area contributed by atoms with Crippen LogP contribution in [0.25, 0.3) is 0 Å². The predicted molar refractivity (Wildman–Crippen MR) is 85.4 cm³/mol. The van der Waals surface area contributed by atoms with E-state index in [1.54, 1.807) is 0 Å². The van der Waals surface area contributed by atoms with Gasteiger partial charge in [0.05, 0.1) is 0 Å². The molecule has 0 saturated heterocycles. The minimum Gasteiger partial charge on any atom is -0.303 e. The number of aldehydes is 1. The zero-order valence-electron chi connectivity index (χ0n) is 14.1. The van der Waals surface area contributed by atoms with Crippen molar-refractivity contribution in [3.63, 3.8) is 0 Å². The summed E-state index contributed by atoms with van der Waals surface area (Å²) in [7, 11) is 0. The van der Waals surface area contributed by atoms with E-state index >= 15 is 0 Å². The van der Waals surface area contributed by atoms with Gasteiger partial charge in [-0.05, 0) is 48.8 Å². The molecule has 0 spiro atoms. The topological polar surface area (TPSA) is 17.1 Å². The molecule has 0 amide bonds. The van der Waals surface area contributed by atoms with E-state index in [0.29, 0.717) is 0 Å². The van der Waals surface area contributed by atoms with Gasteiger partial charge in [-0.15, -0.1) is 0 Å². The Morgan fingerprint density at radius 2 is 1.75 bits per heavy atom. The van der Waals surface area contributed by atoms with Crippen molar-refractivity contribution in [2.45, 2.75) is 72.1 Å². The van der Waals surface area contributed by atoms with E-state index in [1.807, 2.05) is 0 Å². The van der Waals surface area contributed by atoms with Crippen LogP contribution >= 0.6 is 0 Å². The van der Waals surface area contributed by atoms with Crippen LogP contribution in [0.4, 0.5) is 0 Å². The Morgan fingerprint density at radius 3 is 2.25 bits per heavy atom. The van der Waals surface area contributed by atoms with Crippen LogP contribution in [0.1, 0.15) is 69.7 Å². The number of aryl methyl sites for hydroxylation is 2. The molecule has 1 nitrogen and oxygen atoms in total. The maximum absolute atomic E-state index is 11.9. The molecule has 0 radical (unpaired) electrons. The summed E-state index contributed by atoms with van der Waals surface area (Å²) in [5.74, 6) is 0. The lowest BCUT2D eigenvalue weighted by Gasteiger charge is -2.53. The number of fused-ring (bicyclic) bond motifs is 1. The SMILES string of the molecule is CCC1(C)CC(C)(C=O)C(C)(C)c2cc(C)cc(C)c21. The third-order valence-corrected chi connectivity index (χ3v) is 5.98. The van der Waals surface area contributed by atoms with Gasteiger partial charge in [0.2, 0.25) is 0 Å². The van der Waals surface area contributed by atoms with Crippen molar-refractivity contribution in [2.75, 3.05) is 0 Å². The molecule has 0 saturated carbocycles. The van der Waals surface area contributed by atoms with Gasteiger partial charge in [0.15, 0.2) is 0 Å². The molecule has 1 aliphatic carbocycles. The van der Waals surface area contributed by atoms with Gasteiger partial charge in [-0.25, -0.2) is 0 Å². The van der Waals surface area contributed by atoms with Crippen LogP contribution in [-0.2, 0) is 15.6 Å². The number of rotatable bonds is 2. The van der Waals surface area contributed by atoms with Crippen LogP contribution in [0.5, 0.6) is 0 Å². The third kappa shape index (κ3) is 1.86. The lowest BCUT2D eigenvalue weighted by Crippen LogP contribution is -2.51. The Labute approximate surface area is 123 Å². The smallest absolute Gasteiger partial charge is 0.126 e. The van der Waals surface area contributed by atoms with Crippen LogP contribution in [0.3, 0.4) is 0 Å². The van der Waals surface area contributed by atoms with E-state index in [2.05, 4.69) is 60.6 Å². The molecule has 2 atom stereocenters. The fraction of sp³-hybridized carbons (Fsp3) is 0.632. The van der Waals surface area contributed by atoms with E-state index in [1.165, 1.54) is 28.5 Å². The van der Waals surface area contributed by atoms with E-state index in [4.69, 9.17) is 0 Å². The molecule has 1 aromatic rings. The minimum atomic E-state index is -0.301. The number of carbonyl (C=O) groups excluding carboxylic acids is 1. The molecule has 0 aliphatic heterocycles. The van der Waals surface area contributed by atoms with Gasteiger partial charge < -0.3 is 4.79 Å². The average Bonchev–Trinajstić information content (AvgIpc) is 2.35. The number of hydrogen-bond acceptors (Lipinski definition) is 1. The van der Waals surface area contributed by atoms with Crippen molar-refractivity contribution in [2.24, 2.45) is 5.41 Å². The van der Waals surface area contributed by atoms with Gasteiger partial charge in [0, 0.05) is 10.8 Å². The van der Waals surface area contributed by atoms with Crippen molar-refractivity contribution in [1.29, 1.82) is 0 Å². The molecule has 20 heavy (non-hydrogen) atoms. The van der Waals surface area contributed by atoms with E-state index in [0.717, 1.165) is 12.8 Å². The van der Waals surface area contributed by atoms with Crippen molar-refractivity contribution < 1.29 is 4.79 Å². The molecule has 110 valence electrons. The normalized spacial score (nSPS) is 31.8. The van der Waals surface area contributed by atoms with Crippen molar-refractivity contribution in [1.82, 2.24) is 0 Å². The van der Waals surface area contributed by atoms with Gasteiger partial charge in [-0.3, -0.25) is 0 Å². The molecule has 2 rings (SSSR count). The molecule has 1 aliphatic rings. The number of benzene rings is 1. The van der Waals surface area contributed by atoms with Gasteiger partial charge in [0.25, 0.3) is 0 Å².